The largest absolute Gasteiger partial charge is 0.326 e. The number of rotatable bonds is 8. The Morgan fingerprint density at radius 1 is 1.14 bits per heavy atom. The highest BCUT2D eigenvalue weighted by Gasteiger charge is 2.11. The van der Waals surface area contributed by atoms with Gasteiger partial charge in [0.2, 0.25) is 11.8 Å². The second kappa shape index (κ2) is 10.2. The predicted molar refractivity (Wildman–Crippen MR) is 110 cm³/mol. The second-order valence-electron chi connectivity index (χ2n) is 6.02. The quantitative estimate of drug-likeness (QED) is 0.368. The van der Waals surface area contributed by atoms with Gasteiger partial charge < -0.3 is 10.6 Å². The summed E-state index contributed by atoms with van der Waals surface area (Å²) in [5.74, 6) is -0.485. The molecular formula is C20H20ClN3O4. The van der Waals surface area contributed by atoms with Gasteiger partial charge in [-0.1, -0.05) is 37.1 Å². The number of hydrogen-bond donors (Lipinski definition) is 2. The zero-order valence-electron chi connectivity index (χ0n) is 15.3. The molecule has 7 nitrogen and oxygen atoms in total. The van der Waals surface area contributed by atoms with Gasteiger partial charge in [-0.15, -0.1) is 0 Å². The van der Waals surface area contributed by atoms with Crippen LogP contribution in [-0.4, -0.2) is 16.7 Å². The van der Waals surface area contributed by atoms with Gasteiger partial charge in [-0.05, 0) is 42.3 Å². The van der Waals surface area contributed by atoms with Crippen molar-refractivity contribution in [1.29, 1.82) is 0 Å². The molecule has 0 spiro atoms. The minimum atomic E-state index is -0.583. The van der Waals surface area contributed by atoms with Crippen molar-refractivity contribution in [1.82, 2.24) is 0 Å². The number of carbonyl (C=O) groups excluding carboxylic acids is 2. The first kappa shape index (κ1) is 21.1. The maximum absolute atomic E-state index is 12.1. The lowest BCUT2D eigenvalue weighted by atomic mass is 10.2. The van der Waals surface area contributed by atoms with Gasteiger partial charge in [0.15, 0.2) is 0 Å². The van der Waals surface area contributed by atoms with Gasteiger partial charge in [0.1, 0.15) is 5.02 Å². The molecule has 0 heterocycles. The summed E-state index contributed by atoms with van der Waals surface area (Å²) >= 11 is 5.77. The van der Waals surface area contributed by atoms with Gasteiger partial charge in [0.05, 0.1) is 4.92 Å². The van der Waals surface area contributed by atoms with Crippen molar-refractivity contribution >= 4 is 46.6 Å². The number of amides is 2. The van der Waals surface area contributed by atoms with Gasteiger partial charge >= 0.3 is 0 Å². The van der Waals surface area contributed by atoms with E-state index in [1.165, 1.54) is 24.3 Å². The minimum absolute atomic E-state index is 0.0319. The fraction of sp³-hybridized carbons (Fsp3) is 0.200. The maximum Gasteiger partial charge on any atom is 0.288 e. The van der Waals surface area contributed by atoms with Crippen LogP contribution in [0.25, 0.3) is 6.08 Å². The number of halogens is 1. The Morgan fingerprint density at radius 2 is 1.86 bits per heavy atom. The number of nitro groups is 1. The molecule has 0 bridgehead atoms. The lowest BCUT2D eigenvalue weighted by Gasteiger charge is -2.07. The summed E-state index contributed by atoms with van der Waals surface area (Å²) in [5, 5.41) is 16.4. The number of nitro benzene ring substituents is 1. The highest BCUT2D eigenvalue weighted by Crippen LogP contribution is 2.25. The van der Waals surface area contributed by atoms with Crippen molar-refractivity contribution in [3.8, 4) is 0 Å². The molecule has 0 saturated heterocycles. The Balaban J connectivity index is 2.00. The van der Waals surface area contributed by atoms with Crippen LogP contribution in [0.4, 0.5) is 17.1 Å². The van der Waals surface area contributed by atoms with E-state index in [1.807, 2.05) is 6.92 Å². The van der Waals surface area contributed by atoms with E-state index in [9.17, 15) is 19.7 Å². The Kier molecular flexibility index (Phi) is 7.71. The number of nitrogens with one attached hydrogen (secondary N) is 2. The van der Waals surface area contributed by atoms with Gasteiger partial charge in [-0.25, -0.2) is 0 Å². The van der Waals surface area contributed by atoms with Crippen LogP contribution < -0.4 is 10.6 Å². The molecule has 0 saturated carbocycles. The molecule has 0 aliphatic heterocycles. The lowest BCUT2D eigenvalue weighted by Crippen LogP contribution is -2.12. The number of anilines is 2. The van der Waals surface area contributed by atoms with E-state index in [4.69, 9.17) is 11.6 Å². The smallest absolute Gasteiger partial charge is 0.288 e. The summed E-state index contributed by atoms with van der Waals surface area (Å²) in [5.41, 5.74) is 1.36. The van der Waals surface area contributed by atoms with E-state index >= 15 is 0 Å². The van der Waals surface area contributed by atoms with E-state index in [1.54, 1.807) is 30.3 Å². The normalized spacial score (nSPS) is 10.6. The number of unbranched alkanes of at least 4 members (excludes halogenated alkanes) is 1. The molecule has 2 amide bonds. The molecule has 0 aromatic heterocycles. The molecule has 28 heavy (non-hydrogen) atoms. The summed E-state index contributed by atoms with van der Waals surface area (Å²) in [6.07, 6.45) is 4.92. The Morgan fingerprint density at radius 3 is 2.54 bits per heavy atom. The Labute approximate surface area is 167 Å². The molecule has 2 rings (SSSR count). The molecule has 0 atom stereocenters. The van der Waals surface area contributed by atoms with E-state index in [2.05, 4.69) is 10.6 Å². The monoisotopic (exact) mass is 401 g/mol. The molecular weight excluding hydrogens is 382 g/mol. The molecule has 0 aliphatic rings. The maximum atomic E-state index is 12.1. The highest BCUT2D eigenvalue weighted by molar-refractivity contribution is 6.32. The summed E-state index contributed by atoms with van der Waals surface area (Å²) < 4.78 is 0. The van der Waals surface area contributed by atoms with E-state index in [-0.39, 0.29) is 16.6 Å². The van der Waals surface area contributed by atoms with E-state index < -0.39 is 10.8 Å². The third-order valence-corrected chi connectivity index (χ3v) is 4.08. The van der Waals surface area contributed by atoms with Crippen LogP contribution >= 0.6 is 11.6 Å². The third kappa shape index (κ3) is 6.51. The van der Waals surface area contributed by atoms with Crippen molar-refractivity contribution in [2.45, 2.75) is 26.2 Å². The molecule has 146 valence electrons. The van der Waals surface area contributed by atoms with Crippen LogP contribution in [0, 0.1) is 10.1 Å². The minimum Gasteiger partial charge on any atom is -0.326 e. The van der Waals surface area contributed by atoms with Crippen molar-refractivity contribution in [2.24, 2.45) is 0 Å². The second-order valence-corrected chi connectivity index (χ2v) is 6.43. The number of hydrogen-bond acceptors (Lipinski definition) is 4. The summed E-state index contributed by atoms with van der Waals surface area (Å²) in [7, 11) is 0. The SMILES string of the molecule is CCCCC(=O)Nc1cccc(NC(=O)/C=C/c2ccc(Cl)c([N+](=O)[O-])c2)c1. The van der Waals surface area contributed by atoms with E-state index in [0.717, 1.165) is 12.8 Å². The zero-order valence-corrected chi connectivity index (χ0v) is 16.0. The molecule has 2 aromatic carbocycles. The highest BCUT2D eigenvalue weighted by atomic mass is 35.5. The average Bonchev–Trinajstić information content (AvgIpc) is 2.65. The molecule has 2 N–H and O–H groups in total. The number of benzene rings is 2. The van der Waals surface area contributed by atoms with Crippen LogP contribution in [0.5, 0.6) is 0 Å². The van der Waals surface area contributed by atoms with Crippen LogP contribution in [-0.2, 0) is 9.59 Å². The zero-order chi connectivity index (χ0) is 20.5. The van der Waals surface area contributed by atoms with Crippen molar-refractivity contribution in [2.75, 3.05) is 10.6 Å². The number of nitrogens with zero attached hydrogens (tertiary/aromatic N) is 1. The molecule has 0 unspecified atom stereocenters. The third-order valence-electron chi connectivity index (χ3n) is 3.77. The van der Waals surface area contributed by atoms with Crippen molar-refractivity contribution in [3.63, 3.8) is 0 Å². The first-order valence-electron chi connectivity index (χ1n) is 8.72. The van der Waals surface area contributed by atoms with Crippen LogP contribution in [0.15, 0.2) is 48.5 Å². The fourth-order valence-electron chi connectivity index (χ4n) is 2.36. The molecule has 0 radical (unpaired) electrons. The molecule has 8 heteroatoms. The molecule has 0 fully saturated rings. The van der Waals surface area contributed by atoms with Crippen LogP contribution in [0.3, 0.4) is 0 Å². The fourth-order valence-corrected chi connectivity index (χ4v) is 2.55. The number of carbonyl (C=O) groups is 2. The van der Waals surface area contributed by atoms with Crippen LogP contribution in [0.1, 0.15) is 31.7 Å². The van der Waals surface area contributed by atoms with Crippen molar-refractivity contribution < 1.29 is 14.5 Å². The van der Waals surface area contributed by atoms with Crippen LogP contribution in [0.2, 0.25) is 5.02 Å². The summed E-state index contributed by atoms with van der Waals surface area (Å²) in [4.78, 5) is 34.2. The van der Waals surface area contributed by atoms with Gasteiger partial charge in [-0.3, -0.25) is 19.7 Å². The summed E-state index contributed by atoms with van der Waals surface area (Å²) in [6, 6.07) is 11.1. The molecule has 2 aromatic rings. The average molecular weight is 402 g/mol. The van der Waals surface area contributed by atoms with Gasteiger partial charge in [0, 0.05) is 29.9 Å². The standard InChI is InChI=1S/C20H20ClN3O4/c1-2-3-7-19(25)22-15-5-4-6-16(13-15)23-20(26)11-9-14-8-10-17(21)18(12-14)24(27)28/h4-6,8-13H,2-3,7H2,1H3,(H,22,25)(H,23,26)/b11-9+. The van der Waals surface area contributed by atoms with Gasteiger partial charge in [0.25, 0.3) is 5.69 Å². The summed E-state index contributed by atoms with van der Waals surface area (Å²) in [6.45, 7) is 2.01. The van der Waals surface area contributed by atoms with Gasteiger partial charge in [-0.2, -0.15) is 0 Å². The first-order chi connectivity index (χ1) is 13.4. The Hall–Kier alpha value is -3.19. The lowest BCUT2D eigenvalue weighted by molar-refractivity contribution is -0.384. The topological polar surface area (TPSA) is 101 Å². The molecule has 0 aliphatic carbocycles. The first-order valence-corrected chi connectivity index (χ1v) is 9.09. The Bertz CT molecular complexity index is 912. The van der Waals surface area contributed by atoms with E-state index in [0.29, 0.717) is 23.4 Å². The predicted octanol–water partition coefficient (Wildman–Crippen LogP) is 5.03. The van der Waals surface area contributed by atoms with Crippen molar-refractivity contribution in [3.05, 3.63) is 69.2 Å².